The average molecular weight is 276 g/mol. The van der Waals surface area contributed by atoms with Gasteiger partial charge in [0.05, 0.1) is 22.8 Å². The summed E-state index contributed by atoms with van der Waals surface area (Å²) < 4.78 is 0. The fourth-order valence-corrected chi connectivity index (χ4v) is 1.92. The molecule has 0 saturated carbocycles. The molecule has 0 spiro atoms. The highest BCUT2D eigenvalue weighted by Crippen LogP contribution is 2.20. The van der Waals surface area contributed by atoms with Gasteiger partial charge in [-0.2, -0.15) is 0 Å². The van der Waals surface area contributed by atoms with Gasteiger partial charge in [-0.15, -0.1) is 0 Å². The molecule has 0 aliphatic heterocycles. The lowest BCUT2D eigenvalue weighted by molar-refractivity contribution is 0.0783. The fourth-order valence-electron chi connectivity index (χ4n) is 1.72. The van der Waals surface area contributed by atoms with Crippen LogP contribution in [-0.4, -0.2) is 22.8 Å². The second-order valence-corrected chi connectivity index (χ2v) is 4.63. The lowest BCUT2D eigenvalue weighted by Gasteiger charge is -2.17. The first-order valence-corrected chi connectivity index (χ1v) is 6.16. The monoisotopic (exact) mass is 275 g/mol. The minimum atomic E-state index is -0.178. The van der Waals surface area contributed by atoms with E-state index in [2.05, 4.69) is 4.98 Å². The number of anilines is 1. The minimum absolute atomic E-state index is 0.178. The summed E-state index contributed by atoms with van der Waals surface area (Å²) >= 11 is 6.02. The highest BCUT2D eigenvalue weighted by atomic mass is 35.5. The van der Waals surface area contributed by atoms with Crippen molar-refractivity contribution in [1.29, 1.82) is 0 Å². The van der Waals surface area contributed by atoms with E-state index in [1.807, 2.05) is 18.2 Å². The van der Waals surface area contributed by atoms with Crippen molar-refractivity contribution >= 4 is 23.2 Å². The SMILES string of the molecule is CN(Cc1ccccn1)C(=O)c1cc(N)ccc1Cl. The van der Waals surface area contributed by atoms with Crippen LogP contribution >= 0.6 is 11.6 Å². The van der Waals surface area contributed by atoms with Crippen LogP contribution in [0.3, 0.4) is 0 Å². The standard InChI is InChI=1S/C14H14ClN3O/c1-18(9-11-4-2-3-7-17-11)14(19)12-8-10(16)5-6-13(12)15/h2-8H,9,16H2,1H3. The van der Waals surface area contributed by atoms with Crippen LogP contribution in [0.15, 0.2) is 42.6 Å². The summed E-state index contributed by atoms with van der Waals surface area (Å²) in [6.45, 7) is 0.421. The Morgan fingerprint density at radius 1 is 1.37 bits per heavy atom. The van der Waals surface area contributed by atoms with Crippen molar-refractivity contribution in [3.05, 3.63) is 58.9 Å². The van der Waals surface area contributed by atoms with E-state index in [0.29, 0.717) is 22.8 Å². The van der Waals surface area contributed by atoms with Crippen LogP contribution in [0.25, 0.3) is 0 Å². The summed E-state index contributed by atoms with van der Waals surface area (Å²) in [5.41, 5.74) is 7.41. The van der Waals surface area contributed by atoms with Crippen molar-refractivity contribution in [2.24, 2.45) is 0 Å². The average Bonchev–Trinajstić information content (AvgIpc) is 2.42. The molecule has 2 rings (SSSR count). The Morgan fingerprint density at radius 3 is 2.84 bits per heavy atom. The van der Waals surface area contributed by atoms with E-state index in [-0.39, 0.29) is 5.91 Å². The molecular weight excluding hydrogens is 262 g/mol. The smallest absolute Gasteiger partial charge is 0.255 e. The number of rotatable bonds is 3. The zero-order valence-corrected chi connectivity index (χ0v) is 11.3. The third kappa shape index (κ3) is 3.23. The van der Waals surface area contributed by atoms with Crippen LogP contribution in [-0.2, 0) is 6.54 Å². The predicted octanol–water partition coefficient (Wildman–Crippen LogP) is 2.59. The molecule has 1 amide bonds. The molecule has 0 fully saturated rings. The molecule has 1 aromatic carbocycles. The van der Waals surface area contributed by atoms with Crippen LogP contribution in [0.2, 0.25) is 5.02 Å². The first kappa shape index (κ1) is 13.4. The largest absolute Gasteiger partial charge is 0.399 e. The highest BCUT2D eigenvalue weighted by molar-refractivity contribution is 6.33. The summed E-state index contributed by atoms with van der Waals surface area (Å²) in [6.07, 6.45) is 1.70. The molecule has 4 nitrogen and oxygen atoms in total. The number of pyridine rings is 1. The predicted molar refractivity (Wildman–Crippen MR) is 75.9 cm³/mol. The van der Waals surface area contributed by atoms with Gasteiger partial charge in [0.2, 0.25) is 0 Å². The highest BCUT2D eigenvalue weighted by Gasteiger charge is 2.16. The molecule has 0 saturated heterocycles. The Morgan fingerprint density at radius 2 is 2.16 bits per heavy atom. The Kier molecular flexibility index (Phi) is 4.02. The van der Waals surface area contributed by atoms with Gasteiger partial charge in [-0.3, -0.25) is 9.78 Å². The van der Waals surface area contributed by atoms with Gasteiger partial charge < -0.3 is 10.6 Å². The van der Waals surface area contributed by atoms with Crippen LogP contribution < -0.4 is 5.73 Å². The zero-order valence-electron chi connectivity index (χ0n) is 10.5. The maximum atomic E-state index is 12.3. The maximum Gasteiger partial charge on any atom is 0.255 e. The van der Waals surface area contributed by atoms with Gasteiger partial charge in [0, 0.05) is 18.9 Å². The van der Waals surface area contributed by atoms with E-state index in [9.17, 15) is 4.79 Å². The van der Waals surface area contributed by atoms with Gasteiger partial charge in [0.25, 0.3) is 5.91 Å². The van der Waals surface area contributed by atoms with E-state index in [4.69, 9.17) is 17.3 Å². The Hall–Kier alpha value is -2.07. The first-order chi connectivity index (χ1) is 9.08. The molecule has 5 heteroatoms. The van der Waals surface area contributed by atoms with Crippen molar-refractivity contribution in [2.45, 2.75) is 6.54 Å². The van der Waals surface area contributed by atoms with Crippen molar-refractivity contribution in [2.75, 3.05) is 12.8 Å². The van der Waals surface area contributed by atoms with Gasteiger partial charge in [0.15, 0.2) is 0 Å². The molecule has 0 unspecified atom stereocenters. The second-order valence-electron chi connectivity index (χ2n) is 4.22. The molecule has 0 aliphatic carbocycles. The molecule has 1 heterocycles. The van der Waals surface area contributed by atoms with Crippen molar-refractivity contribution in [3.8, 4) is 0 Å². The lowest BCUT2D eigenvalue weighted by atomic mass is 10.1. The van der Waals surface area contributed by atoms with E-state index in [0.717, 1.165) is 5.69 Å². The van der Waals surface area contributed by atoms with Crippen LogP contribution in [0.5, 0.6) is 0 Å². The Bertz CT molecular complexity index is 586. The maximum absolute atomic E-state index is 12.3. The molecule has 0 atom stereocenters. The van der Waals surface area contributed by atoms with Gasteiger partial charge in [-0.25, -0.2) is 0 Å². The van der Waals surface area contributed by atoms with Gasteiger partial charge in [-0.1, -0.05) is 17.7 Å². The summed E-state index contributed by atoms with van der Waals surface area (Å²) in [4.78, 5) is 18.0. The molecule has 98 valence electrons. The van der Waals surface area contributed by atoms with E-state index in [1.54, 1.807) is 36.3 Å². The van der Waals surface area contributed by atoms with E-state index >= 15 is 0 Å². The Balaban J connectivity index is 2.17. The number of halogens is 1. The van der Waals surface area contributed by atoms with E-state index < -0.39 is 0 Å². The second kappa shape index (κ2) is 5.71. The number of amides is 1. The summed E-state index contributed by atoms with van der Waals surface area (Å²) in [5, 5.41) is 0.395. The number of nitrogens with two attached hydrogens (primary N) is 1. The number of nitrogen functional groups attached to an aromatic ring is 1. The third-order valence-corrected chi connectivity index (χ3v) is 3.02. The fraction of sp³-hybridized carbons (Fsp3) is 0.143. The molecule has 2 aromatic rings. The molecule has 1 aromatic heterocycles. The van der Waals surface area contributed by atoms with Crippen LogP contribution in [0, 0.1) is 0 Å². The molecule has 19 heavy (non-hydrogen) atoms. The molecule has 2 N–H and O–H groups in total. The number of carbonyl (C=O) groups excluding carboxylic acids is 1. The normalized spacial score (nSPS) is 10.2. The molecule has 0 bridgehead atoms. The number of hydrogen-bond acceptors (Lipinski definition) is 3. The zero-order chi connectivity index (χ0) is 13.8. The van der Waals surface area contributed by atoms with Crippen molar-refractivity contribution in [1.82, 2.24) is 9.88 Å². The number of benzene rings is 1. The summed E-state index contributed by atoms with van der Waals surface area (Å²) in [5.74, 6) is -0.178. The third-order valence-electron chi connectivity index (χ3n) is 2.69. The quantitative estimate of drug-likeness (QED) is 0.876. The van der Waals surface area contributed by atoms with Crippen molar-refractivity contribution < 1.29 is 4.79 Å². The molecule has 0 aliphatic rings. The van der Waals surface area contributed by atoms with Gasteiger partial charge in [-0.05, 0) is 30.3 Å². The topological polar surface area (TPSA) is 59.2 Å². The molecule has 0 radical (unpaired) electrons. The van der Waals surface area contributed by atoms with E-state index in [1.165, 1.54) is 0 Å². The molecular formula is C14H14ClN3O. The van der Waals surface area contributed by atoms with Gasteiger partial charge >= 0.3 is 0 Å². The number of aromatic nitrogens is 1. The number of carbonyl (C=O) groups is 1. The van der Waals surface area contributed by atoms with Crippen LogP contribution in [0.1, 0.15) is 16.1 Å². The lowest BCUT2D eigenvalue weighted by Crippen LogP contribution is -2.27. The summed E-state index contributed by atoms with van der Waals surface area (Å²) in [6, 6.07) is 10.5. The number of hydrogen-bond donors (Lipinski definition) is 1. The minimum Gasteiger partial charge on any atom is -0.399 e. The first-order valence-electron chi connectivity index (χ1n) is 5.78. The van der Waals surface area contributed by atoms with Crippen molar-refractivity contribution in [3.63, 3.8) is 0 Å². The van der Waals surface area contributed by atoms with Crippen LogP contribution in [0.4, 0.5) is 5.69 Å². The number of nitrogens with zero attached hydrogens (tertiary/aromatic N) is 2. The van der Waals surface area contributed by atoms with Gasteiger partial charge in [0.1, 0.15) is 0 Å². The summed E-state index contributed by atoms with van der Waals surface area (Å²) in [7, 11) is 1.70. The Labute approximate surface area is 116 Å².